The molecule has 0 amide bonds. The fourth-order valence-electron chi connectivity index (χ4n) is 2.62. The van der Waals surface area contributed by atoms with Gasteiger partial charge in [-0.3, -0.25) is 4.90 Å². The molecule has 15 heavy (non-hydrogen) atoms. The number of rotatable bonds is 2. The summed E-state index contributed by atoms with van der Waals surface area (Å²) < 4.78 is 13.6. The van der Waals surface area contributed by atoms with Gasteiger partial charge < -0.3 is 5.32 Å². The van der Waals surface area contributed by atoms with Crippen LogP contribution in [0.25, 0.3) is 0 Å². The van der Waals surface area contributed by atoms with Gasteiger partial charge in [-0.2, -0.15) is 0 Å². The minimum absolute atomic E-state index is 0. The Labute approximate surface area is 98.0 Å². The molecule has 2 saturated heterocycles. The Morgan fingerprint density at radius 3 is 2.87 bits per heavy atom. The van der Waals surface area contributed by atoms with Gasteiger partial charge in [0.1, 0.15) is 5.67 Å². The second-order valence-corrected chi connectivity index (χ2v) is 5.11. The van der Waals surface area contributed by atoms with Crippen molar-refractivity contribution in [1.82, 2.24) is 10.2 Å². The zero-order valence-electron chi connectivity index (χ0n) is 9.47. The summed E-state index contributed by atoms with van der Waals surface area (Å²) in [6.45, 7) is 6.70. The maximum Gasteiger partial charge on any atom is 0.122 e. The van der Waals surface area contributed by atoms with Crippen LogP contribution in [0.1, 0.15) is 26.2 Å². The average Bonchev–Trinajstić information content (AvgIpc) is 2.47. The van der Waals surface area contributed by atoms with Crippen LogP contribution < -0.4 is 5.32 Å². The standard InChI is InChI=1S/C11H21FN2.ClH/c1-11(12)4-6-14(9-11)8-10-3-2-5-13-7-10;/h10,13H,2-9H2,1H3;1H. The number of hydrogen-bond donors (Lipinski definition) is 1. The number of halogens is 2. The molecule has 0 bridgehead atoms. The van der Waals surface area contributed by atoms with Crippen molar-refractivity contribution in [2.75, 3.05) is 32.7 Å². The summed E-state index contributed by atoms with van der Waals surface area (Å²) in [4.78, 5) is 2.29. The Hall–Kier alpha value is 0.140. The Balaban J connectivity index is 0.00000112. The minimum Gasteiger partial charge on any atom is -0.316 e. The second kappa shape index (κ2) is 5.46. The van der Waals surface area contributed by atoms with E-state index >= 15 is 0 Å². The molecular formula is C11H22ClFN2. The summed E-state index contributed by atoms with van der Waals surface area (Å²) in [5, 5.41) is 3.41. The lowest BCUT2D eigenvalue weighted by Crippen LogP contribution is -2.38. The van der Waals surface area contributed by atoms with Crippen LogP contribution in [0, 0.1) is 5.92 Å². The number of piperidine rings is 1. The van der Waals surface area contributed by atoms with Crippen molar-refractivity contribution in [2.24, 2.45) is 5.92 Å². The van der Waals surface area contributed by atoms with Crippen LogP contribution in [0.5, 0.6) is 0 Å². The molecule has 2 rings (SSSR count). The van der Waals surface area contributed by atoms with Gasteiger partial charge >= 0.3 is 0 Å². The highest BCUT2D eigenvalue weighted by atomic mass is 35.5. The van der Waals surface area contributed by atoms with Gasteiger partial charge in [-0.1, -0.05) is 0 Å². The Kier molecular flexibility index (Phi) is 4.81. The Bertz CT molecular complexity index is 193. The third kappa shape index (κ3) is 3.89. The highest BCUT2D eigenvalue weighted by molar-refractivity contribution is 5.85. The van der Waals surface area contributed by atoms with Crippen LogP contribution in [-0.2, 0) is 0 Å². The Morgan fingerprint density at radius 1 is 1.53 bits per heavy atom. The normalized spacial score (nSPS) is 37.6. The second-order valence-electron chi connectivity index (χ2n) is 5.11. The summed E-state index contributed by atoms with van der Waals surface area (Å²) in [5.41, 5.74) is -0.928. The first-order valence-electron chi connectivity index (χ1n) is 5.78. The summed E-state index contributed by atoms with van der Waals surface area (Å²) in [7, 11) is 0. The van der Waals surface area contributed by atoms with E-state index in [0.717, 1.165) is 32.1 Å². The number of nitrogens with one attached hydrogen (secondary N) is 1. The Morgan fingerprint density at radius 2 is 2.33 bits per heavy atom. The third-order valence-electron chi connectivity index (χ3n) is 3.42. The molecule has 2 aliphatic heterocycles. The largest absolute Gasteiger partial charge is 0.316 e. The van der Waals surface area contributed by atoms with Crippen LogP contribution in [0.15, 0.2) is 0 Å². The lowest BCUT2D eigenvalue weighted by molar-refractivity contribution is 0.173. The highest BCUT2D eigenvalue weighted by Crippen LogP contribution is 2.26. The molecule has 4 heteroatoms. The number of likely N-dealkylation sites (tertiary alicyclic amines) is 1. The van der Waals surface area contributed by atoms with Gasteiger partial charge in [-0.15, -0.1) is 12.4 Å². The topological polar surface area (TPSA) is 15.3 Å². The molecule has 0 aliphatic carbocycles. The first-order chi connectivity index (χ1) is 6.66. The van der Waals surface area contributed by atoms with Crippen LogP contribution in [0.2, 0.25) is 0 Å². The molecule has 90 valence electrons. The van der Waals surface area contributed by atoms with E-state index in [1.807, 2.05) is 0 Å². The smallest absolute Gasteiger partial charge is 0.122 e. The van der Waals surface area contributed by atoms with Gasteiger partial charge in [0.05, 0.1) is 0 Å². The molecule has 2 atom stereocenters. The lowest BCUT2D eigenvalue weighted by Gasteiger charge is -2.27. The van der Waals surface area contributed by atoms with E-state index in [1.165, 1.54) is 12.8 Å². The van der Waals surface area contributed by atoms with Crippen molar-refractivity contribution < 1.29 is 4.39 Å². The van der Waals surface area contributed by atoms with Crippen LogP contribution in [-0.4, -0.2) is 43.3 Å². The maximum absolute atomic E-state index is 13.6. The molecule has 0 spiro atoms. The molecule has 2 aliphatic rings. The quantitative estimate of drug-likeness (QED) is 0.787. The van der Waals surface area contributed by atoms with Gasteiger partial charge in [0.2, 0.25) is 0 Å². The van der Waals surface area contributed by atoms with Crippen molar-refractivity contribution in [1.29, 1.82) is 0 Å². The highest BCUT2D eigenvalue weighted by Gasteiger charge is 2.34. The SMILES string of the molecule is CC1(F)CCN(CC2CCCNC2)C1.Cl. The van der Waals surface area contributed by atoms with Gasteiger partial charge in [0, 0.05) is 19.6 Å². The average molecular weight is 237 g/mol. The van der Waals surface area contributed by atoms with Crippen LogP contribution >= 0.6 is 12.4 Å². The number of hydrogen-bond acceptors (Lipinski definition) is 2. The van der Waals surface area contributed by atoms with E-state index in [1.54, 1.807) is 6.92 Å². The predicted molar refractivity (Wildman–Crippen MR) is 63.4 cm³/mol. The van der Waals surface area contributed by atoms with E-state index in [9.17, 15) is 4.39 Å². The molecule has 0 saturated carbocycles. The van der Waals surface area contributed by atoms with Crippen LogP contribution in [0.3, 0.4) is 0 Å². The first kappa shape index (κ1) is 13.2. The van der Waals surface area contributed by atoms with Crippen molar-refractivity contribution in [3.05, 3.63) is 0 Å². The van der Waals surface area contributed by atoms with Gasteiger partial charge in [-0.05, 0) is 45.2 Å². The van der Waals surface area contributed by atoms with Gasteiger partial charge in [0.25, 0.3) is 0 Å². The first-order valence-corrected chi connectivity index (χ1v) is 5.78. The van der Waals surface area contributed by atoms with E-state index in [0.29, 0.717) is 13.0 Å². The van der Waals surface area contributed by atoms with Crippen LogP contribution in [0.4, 0.5) is 4.39 Å². The van der Waals surface area contributed by atoms with E-state index in [4.69, 9.17) is 0 Å². The van der Waals surface area contributed by atoms with Gasteiger partial charge in [-0.25, -0.2) is 4.39 Å². The number of alkyl halides is 1. The molecule has 0 aromatic carbocycles. The van der Waals surface area contributed by atoms with Gasteiger partial charge in [0.15, 0.2) is 0 Å². The van der Waals surface area contributed by atoms with Crippen molar-refractivity contribution in [2.45, 2.75) is 31.9 Å². The fourth-order valence-corrected chi connectivity index (χ4v) is 2.62. The molecule has 1 N–H and O–H groups in total. The molecule has 0 aromatic rings. The fraction of sp³-hybridized carbons (Fsp3) is 1.00. The summed E-state index contributed by atoms with van der Waals surface area (Å²) in [5.74, 6) is 0.748. The molecule has 2 nitrogen and oxygen atoms in total. The lowest BCUT2D eigenvalue weighted by atomic mass is 9.99. The van der Waals surface area contributed by atoms with Crippen molar-refractivity contribution in [3.8, 4) is 0 Å². The van der Waals surface area contributed by atoms with Crippen molar-refractivity contribution >= 4 is 12.4 Å². The van der Waals surface area contributed by atoms with E-state index in [-0.39, 0.29) is 12.4 Å². The zero-order valence-corrected chi connectivity index (χ0v) is 10.3. The number of nitrogens with zero attached hydrogens (tertiary/aromatic N) is 1. The van der Waals surface area contributed by atoms with E-state index < -0.39 is 5.67 Å². The summed E-state index contributed by atoms with van der Waals surface area (Å²) in [6, 6.07) is 0. The summed E-state index contributed by atoms with van der Waals surface area (Å²) >= 11 is 0. The van der Waals surface area contributed by atoms with Crippen molar-refractivity contribution in [3.63, 3.8) is 0 Å². The molecule has 2 heterocycles. The zero-order chi connectivity index (χ0) is 10.0. The molecular weight excluding hydrogens is 215 g/mol. The monoisotopic (exact) mass is 236 g/mol. The maximum atomic E-state index is 13.6. The molecule has 0 aromatic heterocycles. The third-order valence-corrected chi connectivity index (χ3v) is 3.42. The molecule has 2 fully saturated rings. The van der Waals surface area contributed by atoms with E-state index in [2.05, 4.69) is 10.2 Å². The minimum atomic E-state index is -0.928. The predicted octanol–water partition coefficient (Wildman–Crippen LogP) is 1.84. The molecule has 2 unspecified atom stereocenters. The summed E-state index contributed by atoms with van der Waals surface area (Å²) in [6.07, 6.45) is 3.31. The molecule has 0 radical (unpaired) electrons.